The first-order chi connectivity index (χ1) is 18.7. The average molecular weight is 499 g/mol. The second-order valence-corrected chi connectivity index (χ2v) is 9.85. The van der Waals surface area contributed by atoms with E-state index in [0.29, 0.717) is 11.8 Å². The van der Waals surface area contributed by atoms with Crippen LogP contribution >= 0.6 is 0 Å². The molecule has 0 unspecified atom stereocenters. The molecule has 4 aromatic rings. The summed E-state index contributed by atoms with van der Waals surface area (Å²) in [4.78, 5) is 10.3. The molecule has 0 bridgehead atoms. The van der Waals surface area contributed by atoms with E-state index in [1.54, 1.807) is 0 Å². The van der Waals surface area contributed by atoms with Crippen LogP contribution in [0.15, 0.2) is 142 Å². The Morgan fingerprint density at radius 3 is 1.11 bits per heavy atom. The zero-order chi connectivity index (χ0) is 25.9. The first-order valence-corrected chi connectivity index (χ1v) is 13.1. The molecule has 0 radical (unpaired) electrons. The Morgan fingerprint density at radius 2 is 0.789 bits per heavy atom. The van der Waals surface area contributed by atoms with E-state index in [1.807, 2.05) is 72.8 Å². The number of rotatable bonds is 6. The van der Waals surface area contributed by atoms with Crippen LogP contribution in [0, 0.1) is 0 Å². The van der Waals surface area contributed by atoms with Gasteiger partial charge in [0.05, 0.1) is 5.57 Å². The number of hydrogen-bond donors (Lipinski definition) is 0. The van der Waals surface area contributed by atoms with Crippen LogP contribution in [0.2, 0.25) is 0 Å². The lowest BCUT2D eigenvalue weighted by Gasteiger charge is -2.20. The fourth-order valence-electron chi connectivity index (χ4n) is 5.17. The van der Waals surface area contributed by atoms with E-state index in [9.17, 15) is 0 Å². The molecule has 4 aromatic carbocycles. The van der Waals surface area contributed by atoms with E-state index in [4.69, 9.17) is 19.5 Å². The summed E-state index contributed by atoms with van der Waals surface area (Å²) in [5, 5.41) is 0. The van der Waals surface area contributed by atoms with Crippen molar-refractivity contribution in [2.24, 2.45) is 9.98 Å². The largest absolute Gasteiger partial charge is 0.466 e. The van der Waals surface area contributed by atoms with Gasteiger partial charge in [-0.25, -0.2) is 9.98 Å². The first kappa shape index (κ1) is 23.9. The van der Waals surface area contributed by atoms with Gasteiger partial charge in [-0.3, -0.25) is 0 Å². The number of aliphatic imine (C=N–C) groups is 2. The van der Waals surface area contributed by atoms with Crippen LogP contribution in [-0.2, 0) is 9.47 Å². The Bertz CT molecular complexity index is 1370. The number of ether oxygens (including phenoxy) is 2. The second-order valence-electron chi connectivity index (χ2n) is 9.85. The van der Waals surface area contributed by atoms with Crippen molar-refractivity contribution in [2.45, 2.75) is 38.1 Å². The molecule has 0 saturated carbocycles. The summed E-state index contributed by atoms with van der Waals surface area (Å²) in [6, 6.07) is 41.0. The first-order valence-electron chi connectivity index (χ1n) is 13.1. The summed E-state index contributed by atoms with van der Waals surface area (Å²) in [6.07, 6.45) is -0.473. The number of hydrogen-bond acceptors (Lipinski definition) is 4. The van der Waals surface area contributed by atoms with Crippen LogP contribution in [0.25, 0.3) is 0 Å². The van der Waals surface area contributed by atoms with Gasteiger partial charge in [-0.05, 0) is 36.1 Å². The van der Waals surface area contributed by atoms with Gasteiger partial charge in [0.25, 0.3) is 0 Å². The van der Waals surface area contributed by atoms with Crippen molar-refractivity contribution < 1.29 is 9.47 Å². The summed E-state index contributed by atoms with van der Waals surface area (Å²) >= 11 is 0. The Morgan fingerprint density at radius 1 is 0.474 bits per heavy atom. The summed E-state index contributed by atoms with van der Waals surface area (Å²) in [6.45, 7) is 4.13. The maximum Gasteiger partial charge on any atom is 0.223 e. The molecule has 4 nitrogen and oxygen atoms in total. The quantitative estimate of drug-likeness (QED) is 0.269. The topological polar surface area (TPSA) is 43.2 Å². The molecule has 4 atom stereocenters. The van der Waals surface area contributed by atoms with Crippen LogP contribution in [0.3, 0.4) is 0 Å². The predicted molar refractivity (Wildman–Crippen MR) is 152 cm³/mol. The van der Waals surface area contributed by atoms with Gasteiger partial charge in [0.15, 0.2) is 12.2 Å². The summed E-state index contributed by atoms with van der Waals surface area (Å²) in [5.41, 5.74) is 6.28. The second kappa shape index (κ2) is 10.5. The zero-order valence-corrected chi connectivity index (χ0v) is 21.6. The Labute approximate surface area is 224 Å². The molecular weight excluding hydrogens is 468 g/mol. The van der Waals surface area contributed by atoms with Crippen molar-refractivity contribution >= 4 is 11.8 Å². The smallest absolute Gasteiger partial charge is 0.223 e. The lowest BCUT2D eigenvalue weighted by molar-refractivity contribution is 0.189. The van der Waals surface area contributed by atoms with E-state index < -0.39 is 0 Å². The Kier molecular flexibility index (Phi) is 6.62. The van der Waals surface area contributed by atoms with Gasteiger partial charge >= 0.3 is 0 Å². The van der Waals surface area contributed by atoms with Crippen LogP contribution in [-0.4, -0.2) is 11.8 Å². The average Bonchev–Trinajstić information content (AvgIpc) is 3.61. The molecular formula is C34H30N2O2. The molecule has 188 valence electrons. The third-order valence-electron chi connectivity index (χ3n) is 7.03. The monoisotopic (exact) mass is 498 g/mol. The fraction of sp³-hybridized carbons (Fsp3) is 0.176. The third-order valence-corrected chi connectivity index (χ3v) is 7.03. The Balaban J connectivity index is 1.41. The van der Waals surface area contributed by atoms with E-state index in [-0.39, 0.29) is 24.3 Å². The molecule has 6 rings (SSSR count). The van der Waals surface area contributed by atoms with Gasteiger partial charge in [0.1, 0.15) is 12.1 Å². The van der Waals surface area contributed by atoms with Crippen molar-refractivity contribution in [1.82, 2.24) is 0 Å². The molecule has 0 fully saturated rings. The van der Waals surface area contributed by atoms with Gasteiger partial charge < -0.3 is 9.47 Å². The third kappa shape index (κ3) is 4.66. The van der Waals surface area contributed by atoms with Crippen LogP contribution in [0.1, 0.15) is 60.4 Å². The van der Waals surface area contributed by atoms with E-state index in [1.165, 1.54) is 0 Å². The standard InChI is InChI=1S/C34H30N2O2/c1-23(2)28(33-35-29(24-15-7-3-8-16-24)31(37-33)26-19-11-5-12-20-26)34-36-30(25-17-9-4-10-18-25)32(38-34)27-21-13-6-14-22-27/h3-22,29-32H,1-2H3/t29-,30-,31+,32+/m0/s1. The minimum absolute atomic E-state index is 0.167. The number of allylic oxidation sites excluding steroid dienone is 1. The molecule has 0 aliphatic carbocycles. The van der Waals surface area contributed by atoms with Crippen LogP contribution in [0.4, 0.5) is 0 Å². The summed E-state index contributed by atoms with van der Waals surface area (Å²) in [5.74, 6) is 1.15. The number of nitrogens with zero attached hydrogens (tertiary/aromatic N) is 2. The molecule has 2 aliphatic rings. The van der Waals surface area contributed by atoms with Crippen molar-refractivity contribution in [2.75, 3.05) is 0 Å². The van der Waals surface area contributed by atoms with Gasteiger partial charge in [0.2, 0.25) is 11.8 Å². The lowest BCUT2D eigenvalue weighted by Crippen LogP contribution is -2.17. The molecule has 38 heavy (non-hydrogen) atoms. The molecule has 2 heterocycles. The minimum Gasteiger partial charge on any atom is -0.466 e. The Hall–Kier alpha value is -4.44. The van der Waals surface area contributed by atoms with Gasteiger partial charge in [-0.1, -0.05) is 127 Å². The van der Waals surface area contributed by atoms with Crippen molar-refractivity contribution in [3.8, 4) is 0 Å². The van der Waals surface area contributed by atoms with Crippen LogP contribution < -0.4 is 0 Å². The SMILES string of the molecule is CC(C)=C(C1=N[C@@H](c2ccccc2)[C@@H](c2ccccc2)O1)C1=N[C@@H](c2ccccc2)[C@@H](c2ccccc2)O1. The van der Waals surface area contributed by atoms with Gasteiger partial charge in [-0.2, -0.15) is 0 Å². The summed E-state index contributed by atoms with van der Waals surface area (Å²) < 4.78 is 13.3. The molecule has 0 saturated heterocycles. The van der Waals surface area contributed by atoms with E-state index in [0.717, 1.165) is 33.4 Å². The van der Waals surface area contributed by atoms with Gasteiger partial charge in [0, 0.05) is 0 Å². The predicted octanol–water partition coefficient (Wildman–Crippen LogP) is 8.15. The van der Waals surface area contributed by atoms with E-state index in [2.05, 4.69) is 62.4 Å². The highest BCUT2D eigenvalue weighted by Gasteiger charge is 2.40. The van der Waals surface area contributed by atoms with Gasteiger partial charge in [-0.15, -0.1) is 0 Å². The highest BCUT2D eigenvalue weighted by atomic mass is 16.5. The van der Waals surface area contributed by atoms with Crippen molar-refractivity contribution in [1.29, 1.82) is 0 Å². The lowest BCUT2D eigenvalue weighted by atomic mass is 9.97. The molecule has 2 aliphatic heterocycles. The molecule has 0 amide bonds. The normalized spacial score (nSPS) is 22.2. The van der Waals surface area contributed by atoms with Crippen molar-refractivity contribution in [3.63, 3.8) is 0 Å². The number of benzene rings is 4. The maximum absolute atomic E-state index is 6.66. The summed E-state index contributed by atoms with van der Waals surface area (Å²) in [7, 11) is 0. The van der Waals surface area contributed by atoms with Crippen molar-refractivity contribution in [3.05, 3.63) is 155 Å². The molecule has 0 aromatic heterocycles. The van der Waals surface area contributed by atoms with Crippen LogP contribution in [0.5, 0.6) is 0 Å². The minimum atomic E-state index is -0.236. The highest BCUT2D eigenvalue weighted by molar-refractivity contribution is 6.20. The molecule has 4 heteroatoms. The van der Waals surface area contributed by atoms with E-state index >= 15 is 0 Å². The maximum atomic E-state index is 6.66. The molecule has 0 spiro atoms. The fourth-order valence-corrected chi connectivity index (χ4v) is 5.17. The zero-order valence-electron chi connectivity index (χ0n) is 21.6. The molecule has 0 N–H and O–H groups in total. The highest BCUT2D eigenvalue weighted by Crippen LogP contribution is 2.45.